The molecule has 129 heavy (non-hydrogen) atoms. The van der Waals surface area contributed by atoms with Crippen molar-refractivity contribution < 1.29 is 43.7 Å². The first-order valence-corrected chi connectivity index (χ1v) is 44.6. The van der Waals surface area contributed by atoms with E-state index < -0.39 is 0 Å². The largest absolute Gasteiger partial charge is 0.508 e. The monoisotopic (exact) mass is 1700 g/mol. The summed E-state index contributed by atoms with van der Waals surface area (Å²) in [5.74, 6) is 6.64. The minimum Gasteiger partial charge on any atom is -0.508 e. The molecule has 0 aromatic heterocycles. The zero-order valence-electron chi connectivity index (χ0n) is 74.0. The molecule has 21 rings (SSSR count). The summed E-state index contributed by atoms with van der Waals surface area (Å²) >= 11 is 0. The van der Waals surface area contributed by atoms with Gasteiger partial charge in [0.05, 0.1) is 0 Å². The molecule has 6 heterocycles. The zero-order chi connectivity index (χ0) is 88.2. The Labute approximate surface area is 757 Å². The number of fused-ring (bicyclic) bond motifs is 6. The summed E-state index contributed by atoms with van der Waals surface area (Å²) in [6.45, 7) is 21.5. The first-order chi connectivity index (χ1) is 62.8. The molecule has 0 spiro atoms. The van der Waals surface area contributed by atoms with Gasteiger partial charge in [0, 0.05) is 123 Å². The van der Waals surface area contributed by atoms with Crippen molar-refractivity contribution in [3.63, 3.8) is 0 Å². The Morgan fingerprint density at radius 2 is 0.380 bits per heavy atom. The lowest BCUT2D eigenvalue weighted by Gasteiger charge is -2.33. The highest BCUT2D eigenvalue weighted by Gasteiger charge is 2.32. The van der Waals surface area contributed by atoms with Crippen LogP contribution in [-0.4, -0.2) is 55.7 Å². The number of nitrogens with zero attached hydrogens (tertiary/aromatic N) is 6. The van der Waals surface area contributed by atoms with Gasteiger partial charge in [-0.3, -0.25) is 0 Å². The minimum atomic E-state index is -0.213. The molecule has 0 radical (unpaired) electrons. The van der Waals surface area contributed by atoms with Crippen LogP contribution in [0.3, 0.4) is 0 Å². The molecular weight excluding hydrogens is 1600 g/mol. The summed E-state index contributed by atoms with van der Waals surface area (Å²) in [6, 6.07) is 120. The predicted octanol–water partition coefficient (Wildman–Crippen LogP) is 24.1. The van der Waals surface area contributed by atoms with Gasteiger partial charge < -0.3 is 73.1 Å². The number of para-hydroxylation sites is 3. The van der Waals surface area contributed by atoms with Crippen molar-refractivity contribution in [2.45, 2.75) is 116 Å². The van der Waals surface area contributed by atoms with Crippen molar-refractivity contribution in [3.8, 4) is 51.7 Å². The van der Waals surface area contributed by atoms with Crippen LogP contribution in [0.4, 0.5) is 34.1 Å². The Morgan fingerprint density at radius 1 is 0.202 bits per heavy atom. The Kier molecular flexibility index (Phi) is 23.6. The maximum Gasteiger partial charge on any atom is 0.161 e. The van der Waals surface area contributed by atoms with Crippen molar-refractivity contribution >= 4 is 34.1 Å². The fraction of sp³-hybridized carbons (Fsp3) is 0.211. The third-order valence-corrected chi connectivity index (χ3v) is 26.5. The van der Waals surface area contributed by atoms with E-state index in [4.69, 9.17) is 28.4 Å². The van der Waals surface area contributed by atoms with E-state index in [2.05, 4.69) is 308 Å². The number of rotatable bonds is 18. The van der Waals surface area contributed by atoms with Gasteiger partial charge in [0.2, 0.25) is 0 Å². The summed E-state index contributed by atoms with van der Waals surface area (Å²) in [5, 5.41) is 29.3. The Hall–Kier alpha value is -14.7. The lowest BCUT2D eigenvalue weighted by atomic mass is 9.77. The molecule has 0 bridgehead atoms. The number of benzene rings is 15. The van der Waals surface area contributed by atoms with Crippen LogP contribution >= 0.6 is 0 Å². The smallest absolute Gasteiger partial charge is 0.161 e. The summed E-state index contributed by atoms with van der Waals surface area (Å²) in [6.07, 6.45) is 2.65. The van der Waals surface area contributed by atoms with E-state index in [0.29, 0.717) is 40.4 Å². The Balaban J connectivity index is 0.000000129. The molecule has 0 saturated carbocycles. The molecule has 0 saturated heterocycles. The third kappa shape index (κ3) is 18.8. The van der Waals surface area contributed by atoms with E-state index in [9.17, 15) is 15.3 Å². The quantitative estimate of drug-likeness (QED) is 0.0751. The van der Waals surface area contributed by atoms with Gasteiger partial charge in [0.1, 0.15) is 51.7 Å². The van der Waals surface area contributed by atoms with E-state index >= 15 is 0 Å². The van der Waals surface area contributed by atoms with Crippen LogP contribution in [0.25, 0.3) is 0 Å². The van der Waals surface area contributed by atoms with Crippen molar-refractivity contribution in [2.75, 3.05) is 69.8 Å². The van der Waals surface area contributed by atoms with Gasteiger partial charge in [-0.2, -0.15) is 0 Å². The molecule has 0 fully saturated rings. The highest BCUT2D eigenvalue weighted by atomic mass is 16.5. The Bertz CT molecular complexity index is 6170. The normalized spacial score (nSPS) is 14.4. The molecule has 3 N–H and O–H groups in total. The van der Waals surface area contributed by atoms with Crippen molar-refractivity contribution in [1.29, 1.82) is 0 Å². The molecule has 6 aliphatic heterocycles. The molecule has 0 amide bonds. The van der Waals surface area contributed by atoms with E-state index in [1.54, 1.807) is 36.4 Å². The fourth-order valence-electron chi connectivity index (χ4n) is 18.2. The second-order valence-electron chi connectivity index (χ2n) is 36.2. The van der Waals surface area contributed by atoms with Crippen LogP contribution in [0.2, 0.25) is 0 Å². The number of anilines is 6. The highest BCUT2D eigenvalue weighted by molar-refractivity contribution is 5.61. The summed E-state index contributed by atoms with van der Waals surface area (Å²) in [7, 11) is 0. The van der Waals surface area contributed by atoms with E-state index in [-0.39, 0.29) is 33.5 Å². The van der Waals surface area contributed by atoms with Gasteiger partial charge in [0.15, 0.2) is 40.4 Å². The van der Waals surface area contributed by atoms with Crippen LogP contribution in [-0.2, 0) is 74.8 Å². The first kappa shape index (κ1) is 83.8. The molecule has 15 heteroatoms. The number of hydrogen-bond acceptors (Lipinski definition) is 15. The second kappa shape index (κ2) is 36.3. The summed E-state index contributed by atoms with van der Waals surface area (Å²) in [4.78, 5) is 13.6. The number of aromatic hydroxyl groups is 3. The van der Waals surface area contributed by atoms with Gasteiger partial charge in [0.25, 0.3) is 0 Å². The van der Waals surface area contributed by atoms with Crippen molar-refractivity contribution in [2.24, 2.45) is 0 Å². The van der Waals surface area contributed by atoms with Gasteiger partial charge in [-0.05, 0) is 250 Å². The number of phenols is 3. The van der Waals surface area contributed by atoms with Gasteiger partial charge in [-0.25, -0.2) is 0 Å². The molecule has 0 aliphatic carbocycles. The van der Waals surface area contributed by atoms with Crippen molar-refractivity contribution in [1.82, 2.24) is 0 Å². The molecule has 648 valence electrons. The average molecular weight is 1710 g/mol. The van der Waals surface area contributed by atoms with Gasteiger partial charge in [-0.15, -0.1) is 0 Å². The van der Waals surface area contributed by atoms with E-state index in [1.807, 2.05) is 72.8 Å². The van der Waals surface area contributed by atoms with Crippen LogP contribution in [0.1, 0.15) is 142 Å². The topological polar surface area (TPSA) is 136 Å². The number of ether oxygens (including phenoxy) is 6. The number of hydrogen-bond donors (Lipinski definition) is 3. The first-order valence-electron chi connectivity index (χ1n) is 44.6. The third-order valence-electron chi connectivity index (χ3n) is 26.5. The second-order valence-corrected chi connectivity index (χ2v) is 36.2. The molecule has 15 nitrogen and oxygen atoms in total. The van der Waals surface area contributed by atoms with Crippen LogP contribution in [0.15, 0.2) is 346 Å². The lowest BCUT2D eigenvalue weighted by molar-refractivity contribution is 0.289. The summed E-state index contributed by atoms with van der Waals surface area (Å²) in [5.41, 5.74) is 28.4. The molecule has 15 aromatic rings. The maximum absolute atomic E-state index is 9.78. The zero-order valence-corrected chi connectivity index (χ0v) is 74.0. The SMILES string of the molecule is CC(C)(c1ccc(O)cc1)c1ccc2c(c1)CN(c1ccc(Cc3ccc(N4COc5ccc(C(C)(C)c6ccc(O)cc6)cc5C4)cc3)cc1)CO2.CC(C)(c1ccc(O)cc1)c1ccc2c(c1)CN(c1ccc(Cc3ccc(N4COc5ccccc5C4)cc3)cc1)CO2.c1ccc2c(c1)CN(c1ccc(Cc3ccc(N4COc5ccccc5C4)cc3)cc1)CO2. The van der Waals surface area contributed by atoms with Crippen LogP contribution in [0, 0.1) is 0 Å². The van der Waals surface area contributed by atoms with Crippen molar-refractivity contribution in [3.05, 3.63) is 446 Å². The van der Waals surface area contributed by atoms with Gasteiger partial charge in [-0.1, -0.05) is 224 Å². The fourth-order valence-corrected chi connectivity index (χ4v) is 18.2. The Morgan fingerprint density at radius 3 is 0.589 bits per heavy atom. The average Bonchev–Trinajstić information content (AvgIpc) is 0.771. The summed E-state index contributed by atoms with van der Waals surface area (Å²) < 4.78 is 36.3. The maximum atomic E-state index is 9.78. The minimum absolute atomic E-state index is 0.197. The molecule has 0 atom stereocenters. The highest BCUT2D eigenvalue weighted by Crippen LogP contribution is 2.43. The predicted molar refractivity (Wildman–Crippen MR) is 516 cm³/mol. The molecule has 0 unspecified atom stereocenters. The number of phenolic OH excluding ortho intramolecular Hbond substituents is 3. The van der Waals surface area contributed by atoms with Gasteiger partial charge >= 0.3 is 0 Å². The molecular formula is C114H108N6O9. The van der Waals surface area contributed by atoms with Crippen LogP contribution < -0.4 is 57.8 Å². The molecule has 6 aliphatic rings. The van der Waals surface area contributed by atoms with E-state index in [0.717, 1.165) is 127 Å². The molecule has 15 aromatic carbocycles. The lowest BCUT2D eigenvalue weighted by Crippen LogP contribution is -2.32. The van der Waals surface area contributed by atoms with Crippen LogP contribution in [0.5, 0.6) is 51.7 Å². The van der Waals surface area contributed by atoms with E-state index in [1.165, 1.54) is 101 Å². The standard InChI is InChI=1S/C47H46N2O4.C38H36N2O3.C29H26N2O2/c1-46(2,36-9-19-42(50)20-10-36)38-13-23-44-34(26-38)28-48(30-52-44)40-15-5-32(6-16-40)25-33-7-17-41(18-8-33)49-29-35-27-39(14-24-45(35)53-31-49)47(3,4)37-11-21-43(51)22-12-37;1-38(2,31-11-18-35(41)19-12-31)32-13-20-37-30(22-32)24-40(26-43-37)34-16-9-28(10-17-34)21-27-7-14-33(15-8-27)39-23-29-5-3-4-6-36(29)42-25-39;1-3-7-28-24(5-1)18-30(20-32-28)26-13-9-22(10-14-26)17-23-11-15-27(16-12-23)31-19-25-6-2-4-8-29(25)33-21-31/h5-24,26-27,50-51H,25,28-31H2,1-4H3;3-20,22,41H,21,23-26H2,1-2H3;1-16H,17-21H2.